The fraction of sp³-hybridized carbons (Fsp3) is 0.278. The first kappa shape index (κ1) is 16.0. The molecule has 0 atom stereocenters. The van der Waals surface area contributed by atoms with Crippen LogP contribution in [0.3, 0.4) is 0 Å². The van der Waals surface area contributed by atoms with Gasteiger partial charge in [-0.1, -0.05) is 24.3 Å². The van der Waals surface area contributed by atoms with Crippen molar-refractivity contribution in [3.05, 3.63) is 59.7 Å². The Labute approximate surface area is 131 Å². The first-order valence-electron chi connectivity index (χ1n) is 7.27. The number of carbonyl (C=O) groups is 1. The molecule has 0 heterocycles. The molecule has 0 spiro atoms. The van der Waals surface area contributed by atoms with E-state index in [2.05, 4.69) is 5.32 Å². The summed E-state index contributed by atoms with van der Waals surface area (Å²) >= 11 is 0. The topological polar surface area (TPSA) is 64.3 Å². The van der Waals surface area contributed by atoms with E-state index in [0.29, 0.717) is 23.5 Å². The lowest BCUT2D eigenvalue weighted by atomic mass is 10.1. The molecule has 22 heavy (non-hydrogen) atoms. The predicted octanol–water partition coefficient (Wildman–Crippen LogP) is 3.57. The van der Waals surface area contributed by atoms with E-state index in [-0.39, 0.29) is 11.5 Å². The van der Waals surface area contributed by atoms with Gasteiger partial charge in [-0.2, -0.15) is 0 Å². The van der Waals surface area contributed by atoms with Gasteiger partial charge in [0.2, 0.25) is 0 Å². The number of carbonyl (C=O) groups excluding carboxylic acids is 1. The van der Waals surface area contributed by atoms with Gasteiger partial charge in [-0.3, -0.25) is 4.79 Å². The van der Waals surface area contributed by atoms with Crippen LogP contribution in [0.1, 0.15) is 36.7 Å². The van der Waals surface area contributed by atoms with Crippen molar-refractivity contribution in [3.8, 4) is 5.75 Å². The van der Waals surface area contributed by atoms with E-state index in [4.69, 9.17) is 10.5 Å². The van der Waals surface area contributed by atoms with Gasteiger partial charge in [-0.25, -0.2) is 0 Å². The van der Waals surface area contributed by atoms with Gasteiger partial charge in [0.05, 0.1) is 5.69 Å². The molecule has 2 aromatic carbocycles. The quantitative estimate of drug-likeness (QED) is 0.907. The van der Waals surface area contributed by atoms with Crippen molar-refractivity contribution in [3.63, 3.8) is 0 Å². The van der Waals surface area contributed by atoms with E-state index >= 15 is 0 Å². The average molecular weight is 298 g/mol. The summed E-state index contributed by atoms with van der Waals surface area (Å²) in [5, 5.41) is 2.89. The summed E-state index contributed by atoms with van der Waals surface area (Å²) < 4.78 is 5.87. The number of para-hydroxylation sites is 2. The molecule has 1 amide bonds. The molecule has 0 saturated carbocycles. The molecule has 0 unspecified atom stereocenters. The molecule has 0 aliphatic carbocycles. The van der Waals surface area contributed by atoms with Crippen LogP contribution in [0.15, 0.2) is 48.5 Å². The Morgan fingerprint density at radius 1 is 1.09 bits per heavy atom. The highest BCUT2D eigenvalue weighted by atomic mass is 16.5. The molecule has 0 aromatic heterocycles. The third-order valence-corrected chi connectivity index (χ3v) is 3.00. The molecule has 0 aliphatic heterocycles. The molecular weight excluding hydrogens is 276 g/mol. The Morgan fingerprint density at radius 3 is 2.32 bits per heavy atom. The second kappa shape index (κ2) is 6.62. The standard InChI is InChI=1S/C18H22N2O2/c1-18(2,3)22-16-7-5-4-6-15(16)20-17(21)14-10-8-13(12-19)9-11-14/h4-11H,12,19H2,1-3H3,(H,20,21). The van der Waals surface area contributed by atoms with E-state index in [9.17, 15) is 4.79 Å². The van der Waals surface area contributed by atoms with Gasteiger partial charge in [-0.15, -0.1) is 0 Å². The van der Waals surface area contributed by atoms with Crippen molar-refractivity contribution >= 4 is 11.6 Å². The van der Waals surface area contributed by atoms with Crippen molar-refractivity contribution in [1.82, 2.24) is 0 Å². The molecular formula is C18H22N2O2. The Balaban J connectivity index is 2.17. The molecule has 2 rings (SSSR count). The molecule has 4 nitrogen and oxygen atoms in total. The number of hydrogen-bond acceptors (Lipinski definition) is 3. The number of benzene rings is 2. The third-order valence-electron chi connectivity index (χ3n) is 3.00. The van der Waals surface area contributed by atoms with Crippen LogP contribution >= 0.6 is 0 Å². The van der Waals surface area contributed by atoms with Crippen molar-refractivity contribution in [2.45, 2.75) is 32.9 Å². The van der Waals surface area contributed by atoms with Crippen LogP contribution in [0, 0.1) is 0 Å². The monoisotopic (exact) mass is 298 g/mol. The van der Waals surface area contributed by atoms with E-state index in [1.165, 1.54) is 0 Å². The number of nitrogens with two attached hydrogens (primary N) is 1. The number of anilines is 1. The van der Waals surface area contributed by atoms with Gasteiger partial charge in [0.15, 0.2) is 0 Å². The predicted molar refractivity (Wildman–Crippen MR) is 89.1 cm³/mol. The van der Waals surface area contributed by atoms with Gasteiger partial charge in [-0.05, 0) is 50.6 Å². The first-order chi connectivity index (χ1) is 10.4. The van der Waals surface area contributed by atoms with E-state index < -0.39 is 0 Å². The zero-order chi connectivity index (χ0) is 16.2. The SMILES string of the molecule is CC(C)(C)Oc1ccccc1NC(=O)c1ccc(CN)cc1. The molecule has 116 valence electrons. The van der Waals surface area contributed by atoms with Crippen LogP contribution in [-0.2, 0) is 6.54 Å². The zero-order valence-electron chi connectivity index (χ0n) is 13.2. The highest BCUT2D eigenvalue weighted by Gasteiger charge is 2.16. The van der Waals surface area contributed by atoms with Crippen molar-refractivity contribution < 1.29 is 9.53 Å². The normalized spacial score (nSPS) is 11.1. The van der Waals surface area contributed by atoms with Gasteiger partial charge in [0, 0.05) is 12.1 Å². The lowest BCUT2D eigenvalue weighted by molar-refractivity contribution is 0.102. The lowest BCUT2D eigenvalue weighted by Crippen LogP contribution is -2.24. The minimum absolute atomic E-state index is 0.173. The molecule has 4 heteroatoms. The van der Waals surface area contributed by atoms with Crippen molar-refractivity contribution in [1.29, 1.82) is 0 Å². The Hall–Kier alpha value is -2.33. The van der Waals surface area contributed by atoms with Crippen molar-refractivity contribution in [2.24, 2.45) is 5.73 Å². The maximum Gasteiger partial charge on any atom is 0.255 e. The molecule has 0 aliphatic rings. The molecule has 0 fully saturated rings. The summed E-state index contributed by atoms with van der Waals surface area (Å²) in [7, 11) is 0. The van der Waals surface area contributed by atoms with Crippen LogP contribution in [-0.4, -0.2) is 11.5 Å². The second-order valence-corrected chi connectivity index (χ2v) is 6.07. The van der Waals surface area contributed by atoms with E-state index in [1.54, 1.807) is 12.1 Å². The van der Waals surface area contributed by atoms with Crippen LogP contribution in [0.5, 0.6) is 5.75 Å². The minimum Gasteiger partial charge on any atom is -0.486 e. The summed E-state index contributed by atoms with van der Waals surface area (Å²) in [6, 6.07) is 14.7. The minimum atomic E-state index is -0.330. The van der Waals surface area contributed by atoms with Crippen LogP contribution in [0.25, 0.3) is 0 Å². The molecule has 3 N–H and O–H groups in total. The summed E-state index contributed by atoms with van der Waals surface area (Å²) in [4.78, 5) is 12.3. The smallest absolute Gasteiger partial charge is 0.255 e. The number of rotatable bonds is 4. The van der Waals surface area contributed by atoms with Gasteiger partial charge in [0.1, 0.15) is 11.4 Å². The Morgan fingerprint density at radius 2 is 1.73 bits per heavy atom. The fourth-order valence-electron chi connectivity index (χ4n) is 1.98. The maximum atomic E-state index is 12.3. The summed E-state index contributed by atoms with van der Waals surface area (Å²) in [6.07, 6.45) is 0. The molecule has 0 saturated heterocycles. The molecule has 2 aromatic rings. The molecule has 0 radical (unpaired) electrons. The van der Waals surface area contributed by atoms with Gasteiger partial charge in [0.25, 0.3) is 5.91 Å². The third kappa shape index (κ3) is 4.33. The average Bonchev–Trinajstić information content (AvgIpc) is 2.48. The lowest BCUT2D eigenvalue weighted by Gasteiger charge is -2.23. The summed E-state index contributed by atoms with van der Waals surface area (Å²) in [5.41, 5.74) is 7.47. The Bertz CT molecular complexity index is 643. The number of ether oxygens (including phenoxy) is 1. The highest BCUT2D eigenvalue weighted by molar-refractivity contribution is 6.05. The zero-order valence-corrected chi connectivity index (χ0v) is 13.2. The van der Waals surface area contributed by atoms with Crippen molar-refractivity contribution in [2.75, 3.05) is 5.32 Å². The number of amides is 1. The first-order valence-corrected chi connectivity index (χ1v) is 7.27. The Kier molecular flexibility index (Phi) is 4.83. The van der Waals surface area contributed by atoms with Crippen LogP contribution < -0.4 is 15.8 Å². The van der Waals surface area contributed by atoms with E-state index in [1.807, 2.05) is 57.2 Å². The summed E-state index contributed by atoms with van der Waals surface area (Å²) in [6.45, 7) is 6.37. The largest absolute Gasteiger partial charge is 0.486 e. The summed E-state index contributed by atoms with van der Waals surface area (Å²) in [5.74, 6) is 0.482. The highest BCUT2D eigenvalue weighted by Crippen LogP contribution is 2.28. The van der Waals surface area contributed by atoms with Crippen LogP contribution in [0.2, 0.25) is 0 Å². The fourth-order valence-corrected chi connectivity index (χ4v) is 1.98. The van der Waals surface area contributed by atoms with Crippen LogP contribution in [0.4, 0.5) is 5.69 Å². The number of nitrogens with one attached hydrogen (secondary N) is 1. The number of hydrogen-bond donors (Lipinski definition) is 2. The molecule has 0 bridgehead atoms. The second-order valence-electron chi connectivity index (χ2n) is 6.07. The van der Waals surface area contributed by atoms with E-state index in [0.717, 1.165) is 5.56 Å². The van der Waals surface area contributed by atoms with Gasteiger partial charge < -0.3 is 15.8 Å². The van der Waals surface area contributed by atoms with Gasteiger partial charge >= 0.3 is 0 Å². The maximum absolute atomic E-state index is 12.3.